The van der Waals surface area contributed by atoms with Gasteiger partial charge in [-0.25, -0.2) is 4.98 Å². The summed E-state index contributed by atoms with van der Waals surface area (Å²) in [5.74, 6) is -0.173. The highest BCUT2D eigenvalue weighted by Crippen LogP contribution is 2.12. The third kappa shape index (κ3) is 5.14. The van der Waals surface area contributed by atoms with Crippen molar-refractivity contribution in [1.82, 2.24) is 9.88 Å². The van der Waals surface area contributed by atoms with Crippen LogP contribution in [0.5, 0.6) is 0 Å². The lowest BCUT2D eigenvalue weighted by molar-refractivity contribution is -0.140. The van der Waals surface area contributed by atoms with Gasteiger partial charge in [-0.05, 0) is 13.1 Å². The lowest BCUT2D eigenvalue weighted by atomic mass is 10.2. The first-order chi connectivity index (χ1) is 8.69. The molecule has 1 rings (SSSR count). The van der Waals surface area contributed by atoms with Gasteiger partial charge in [0.05, 0.1) is 24.2 Å². The Labute approximate surface area is 113 Å². The molecule has 0 N–H and O–H groups in total. The lowest BCUT2D eigenvalue weighted by Gasteiger charge is -2.16. The van der Waals surface area contributed by atoms with Gasteiger partial charge in [-0.3, -0.25) is 4.79 Å². The minimum Gasteiger partial charge on any atom is -0.469 e. The molecular weight excluding hydrogens is 248 g/mol. The first kappa shape index (κ1) is 15.1. The number of rotatable bonds is 8. The molecule has 1 heterocycles. The van der Waals surface area contributed by atoms with Crippen LogP contribution in [0, 0.1) is 0 Å². The molecule has 0 aliphatic heterocycles. The standard InChI is InChI=1S/C13H22N2O2S/c1-4-15(5-2)9-8-12-14-11(10-18-12)6-7-13(16)17-3/h10H,4-9H2,1-3H3. The van der Waals surface area contributed by atoms with Crippen LogP contribution in [0.2, 0.25) is 0 Å². The second kappa shape index (κ2) is 8.21. The van der Waals surface area contributed by atoms with E-state index in [9.17, 15) is 4.79 Å². The quantitative estimate of drug-likeness (QED) is 0.679. The predicted molar refractivity (Wildman–Crippen MR) is 73.9 cm³/mol. The Morgan fingerprint density at radius 2 is 2.11 bits per heavy atom. The molecule has 0 aliphatic carbocycles. The van der Waals surface area contributed by atoms with E-state index in [0.717, 1.165) is 36.8 Å². The first-order valence-corrected chi connectivity index (χ1v) is 7.30. The van der Waals surface area contributed by atoms with Gasteiger partial charge in [0.15, 0.2) is 0 Å². The van der Waals surface area contributed by atoms with Crippen molar-refractivity contribution in [3.8, 4) is 0 Å². The van der Waals surface area contributed by atoms with Gasteiger partial charge in [0.2, 0.25) is 0 Å². The van der Waals surface area contributed by atoms with Crippen molar-refractivity contribution in [2.24, 2.45) is 0 Å². The van der Waals surface area contributed by atoms with Crippen LogP contribution in [0.25, 0.3) is 0 Å². The molecule has 0 unspecified atom stereocenters. The molecule has 0 aliphatic rings. The van der Waals surface area contributed by atoms with Gasteiger partial charge >= 0.3 is 5.97 Å². The summed E-state index contributed by atoms with van der Waals surface area (Å²) in [6.07, 6.45) is 2.08. The van der Waals surface area contributed by atoms with Gasteiger partial charge in [0, 0.05) is 24.8 Å². The number of aryl methyl sites for hydroxylation is 1. The predicted octanol–water partition coefficient (Wildman–Crippen LogP) is 2.13. The molecule has 0 saturated carbocycles. The minimum atomic E-state index is -0.173. The molecule has 0 aromatic carbocycles. The van der Waals surface area contributed by atoms with Crippen LogP contribution < -0.4 is 0 Å². The molecule has 0 bridgehead atoms. The number of carbonyl (C=O) groups excluding carboxylic acids is 1. The molecule has 0 atom stereocenters. The average molecular weight is 270 g/mol. The Morgan fingerprint density at radius 1 is 1.39 bits per heavy atom. The summed E-state index contributed by atoms with van der Waals surface area (Å²) in [6, 6.07) is 0. The number of thiazole rings is 1. The topological polar surface area (TPSA) is 42.4 Å². The fraction of sp³-hybridized carbons (Fsp3) is 0.692. The average Bonchev–Trinajstić information content (AvgIpc) is 2.85. The Balaban J connectivity index is 2.36. The van der Waals surface area contributed by atoms with Gasteiger partial charge in [-0.2, -0.15) is 0 Å². The number of esters is 1. The van der Waals surface area contributed by atoms with Crippen LogP contribution in [0.4, 0.5) is 0 Å². The van der Waals surface area contributed by atoms with Crippen molar-refractivity contribution in [2.75, 3.05) is 26.7 Å². The minimum absolute atomic E-state index is 0.173. The molecule has 4 nitrogen and oxygen atoms in total. The van der Waals surface area contributed by atoms with Crippen LogP contribution in [0.1, 0.15) is 31.0 Å². The normalized spacial score (nSPS) is 10.9. The Morgan fingerprint density at radius 3 is 2.72 bits per heavy atom. The molecule has 1 aromatic rings. The highest BCUT2D eigenvalue weighted by molar-refractivity contribution is 7.09. The smallest absolute Gasteiger partial charge is 0.305 e. The zero-order valence-electron chi connectivity index (χ0n) is 11.4. The molecule has 0 fully saturated rings. The second-order valence-electron chi connectivity index (χ2n) is 4.09. The number of hydrogen-bond acceptors (Lipinski definition) is 5. The zero-order valence-corrected chi connectivity index (χ0v) is 12.3. The van der Waals surface area contributed by atoms with E-state index in [4.69, 9.17) is 0 Å². The maximum Gasteiger partial charge on any atom is 0.305 e. The van der Waals surface area contributed by atoms with Gasteiger partial charge in [-0.15, -0.1) is 11.3 Å². The second-order valence-corrected chi connectivity index (χ2v) is 5.03. The van der Waals surface area contributed by atoms with Crippen LogP contribution in [0.3, 0.4) is 0 Å². The highest BCUT2D eigenvalue weighted by atomic mass is 32.1. The third-order valence-corrected chi connectivity index (χ3v) is 3.91. The van der Waals surface area contributed by atoms with E-state index in [1.165, 1.54) is 7.11 Å². The molecule has 5 heteroatoms. The monoisotopic (exact) mass is 270 g/mol. The summed E-state index contributed by atoms with van der Waals surface area (Å²) in [5, 5.41) is 3.20. The van der Waals surface area contributed by atoms with Crippen LogP contribution >= 0.6 is 11.3 Å². The summed E-state index contributed by atoms with van der Waals surface area (Å²) in [4.78, 5) is 18.0. The van der Waals surface area contributed by atoms with Crippen molar-refractivity contribution in [3.05, 3.63) is 16.1 Å². The van der Waals surface area contributed by atoms with Crippen molar-refractivity contribution in [2.45, 2.75) is 33.1 Å². The maximum absolute atomic E-state index is 11.0. The zero-order chi connectivity index (χ0) is 13.4. The van der Waals surface area contributed by atoms with E-state index in [0.29, 0.717) is 12.8 Å². The number of nitrogens with zero attached hydrogens (tertiary/aromatic N) is 2. The Hall–Kier alpha value is -0.940. The lowest BCUT2D eigenvalue weighted by Crippen LogP contribution is -2.25. The van der Waals surface area contributed by atoms with Gasteiger partial charge in [0.1, 0.15) is 0 Å². The van der Waals surface area contributed by atoms with Gasteiger partial charge in [0.25, 0.3) is 0 Å². The number of likely N-dealkylation sites (N-methyl/N-ethyl adjacent to an activating group) is 1. The van der Waals surface area contributed by atoms with Gasteiger partial charge in [-0.1, -0.05) is 13.8 Å². The fourth-order valence-electron chi connectivity index (χ4n) is 1.70. The summed E-state index contributed by atoms with van der Waals surface area (Å²) >= 11 is 1.68. The summed E-state index contributed by atoms with van der Waals surface area (Å²) in [5.41, 5.74) is 1.000. The Kier molecular flexibility index (Phi) is 6.90. The van der Waals surface area contributed by atoms with Crippen LogP contribution in [-0.2, 0) is 22.4 Å². The largest absolute Gasteiger partial charge is 0.469 e. The molecule has 1 aromatic heterocycles. The van der Waals surface area contributed by atoms with Crippen molar-refractivity contribution < 1.29 is 9.53 Å². The highest BCUT2D eigenvalue weighted by Gasteiger charge is 2.07. The van der Waals surface area contributed by atoms with E-state index in [1.807, 2.05) is 5.38 Å². The van der Waals surface area contributed by atoms with E-state index < -0.39 is 0 Å². The van der Waals surface area contributed by atoms with E-state index in [1.54, 1.807) is 11.3 Å². The van der Waals surface area contributed by atoms with E-state index >= 15 is 0 Å². The maximum atomic E-state index is 11.0. The summed E-state index contributed by atoms with van der Waals surface area (Å²) < 4.78 is 4.62. The van der Waals surface area contributed by atoms with E-state index in [-0.39, 0.29) is 5.97 Å². The summed E-state index contributed by atoms with van der Waals surface area (Å²) in [6.45, 7) is 7.56. The molecule has 18 heavy (non-hydrogen) atoms. The molecule has 0 saturated heterocycles. The van der Waals surface area contributed by atoms with Crippen LogP contribution in [-0.4, -0.2) is 42.6 Å². The van der Waals surface area contributed by atoms with Crippen molar-refractivity contribution in [3.63, 3.8) is 0 Å². The van der Waals surface area contributed by atoms with Crippen LogP contribution in [0.15, 0.2) is 5.38 Å². The molecular formula is C13H22N2O2S. The number of hydrogen-bond donors (Lipinski definition) is 0. The van der Waals surface area contributed by atoms with Gasteiger partial charge < -0.3 is 9.64 Å². The number of methoxy groups -OCH3 is 1. The molecule has 0 spiro atoms. The van der Waals surface area contributed by atoms with E-state index in [2.05, 4.69) is 28.5 Å². The number of carbonyl (C=O) groups is 1. The fourth-order valence-corrected chi connectivity index (χ4v) is 2.53. The Bertz CT molecular complexity index is 362. The third-order valence-electron chi connectivity index (χ3n) is 2.95. The first-order valence-electron chi connectivity index (χ1n) is 6.42. The molecule has 102 valence electrons. The SMILES string of the molecule is CCN(CC)CCc1nc(CCC(=O)OC)cs1. The molecule has 0 radical (unpaired) electrons. The van der Waals surface area contributed by atoms with Crippen molar-refractivity contribution in [1.29, 1.82) is 0 Å². The van der Waals surface area contributed by atoms with Crippen molar-refractivity contribution >= 4 is 17.3 Å². The number of aromatic nitrogens is 1. The number of ether oxygens (including phenoxy) is 1. The summed E-state index contributed by atoms with van der Waals surface area (Å²) in [7, 11) is 1.42. The molecule has 0 amide bonds.